The van der Waals surface area contributed by atoms with E-state index < -0.39 is 0 Å². The minimum Gasteiger partial charge on any atom is -0.379 e. The van der Waals surface area contributed by atoms with Crippen molar-refractivity contribution in [3.05, 3.63) is 40.5 Å². The van der Waals surface area contributed by atoms with E-state index in [1.807, 2.05) is 11.9 Å². The van der Waals surface area contributed by atoms with Crippen LogP contribution in [0.4, 0.5) is 5.82 Å². The van der Waals surface area contributed by atoms with Gasteiger partial charge in [-0.3, -0.25) is 4.90 Å². The molecule has 0 aliphatic carbocycles. The summed E-state index contributed by atoms with van der Waals surface area (Å²) in [4.78, 5) is 14.2. The van der Waals surface area contributed by atoms with Gasteiger partial charge in [0.1, 0.15) is 6.07 Å². The largest absolute Gasteiger partial charge is 0.379 e. The predicted octanol–water partition coefficient (Wildman–Crippen LogP) is 1.92. The van der Waals surface area contributed by atoms with Crippen molar-refractivity contribution in [2.75, 3.05) is 44.8 Å². The molecule has 6 nitrogen and oxygen atoms in total. The van der Waals surface area contributed by atoms with E-state index in [1.165, 1.54) is 4.88 Å². The summed E-state index contributed by atoms with van der Waals surface area (Å²) in [5, 5.41) is 11.3. The smallest absolute Gasteiger partial charge is 0.183 e. The number of anilines is 1. The Labute approximate surface area is 140 Å². The van der Waals surface area contributed by atoms with Crippen LogP contribution in [0.5, 0.6) is 0 Å². The van der Waals surface area contributed by atoms with Gasteiger partial charge in [0.25, 0.3) is 0 Å². The van der Waals surface area contributed by atoms with E-state index >= 15 is 0 Å². The number of thiophene rings is 1. The lowest BCUT2D eigenvalue weighted by atomic mass is 10.1. The van der Waals surface area contributed by atoms with Gasteiger partial charge < -0.3 is 9.64 Å². The average Bonchev–Trinajstić information content (AvgIpc) is 3.14. The molecule has 0 unspecified atom stereocenters. The molecule has 1 aliphatic rings. The molecule has 2 aromatic heterocycles. The van der Waals surface area contributed by atoms with Crippen molar-refractivity contribution in [3.8, 4) is 6.07 Å². The van der Waals surface area contributed by atoms with Crippen LogP contribution in [0.25, 0.3) is 0 Å². The highest BCUT2D eigenvalue weighted by atomic mass is 32.1. The first kappa shape index (κ1) is 15.9. The number of ether oxygens (including phenoxy) is 1. The highest BCUT2D eigenvalue weighted by Crippen LogP contribution is 2.28. The molecule has 0 radical (unpaired) electrons. The molecule has 1 atom stereocenters. The molecule has 3 heterocycles. The van der Waals surface area contributed by atoms with Crippen molar-refractivity contribution in [2.45, 2.75) is 6.04 Å². The molecule has 0 aromatic carbocycles. The van der Waals surface area contributed by atoms with E-state index in [0.29, 0.717) is 11.5 Å². The SMILES string of the molecule is CN(C[C@H](c1cccs1)N1CCOCC1)c1nccnc1C#N. The topological polar surface area (TPSA) is 65.3 Å². The third-order valence-corrected chi connectivity index (χ3v) is 4.92. The fourth-order valence-electron chi connectivity index (χ4n) is 2.79. The molecule has 3 rings (SSSR count). The molecular weight excluding hydrogens is 310 g/mol. The Hall–Kier alpha value is -2.01. The average molecular weight is 329 g/mol. The summed E-state index contributed by atoms with van der Waals surface area (Å²) in [5.41, 5.74) is 0.363. The van der Waals surface area contributed by atoms with Gasteiger partial charge >= 0.3 is 0 Å². The molecule has 1 saturated heterocycles. The number of likely N-dealkylation sites (N-methyl/N-ethyl adjacent to an activating group) is 1. The second kappa shape index (κ2) is 7.51. The van der Waals surface area contributed by atoms with Crippen LogP contribution in [-0.2, 0) is 4.74 Å². The Bertz CT molecular complexity index is 663. The Morgan fingerprint density at radius 1 is 1.39 bits per heavy atom. The maximum absolute atomic E-state index is 9.23. The van der Waals surface area contributed by atoms with E-state index in [1.54, 1.807) is 23.7 Å². The fourth-order valence-corrected chi connectivity index (χ4v) is 3.64. The van der Waals surface area contributed by atoms with Crippen molar-refractivity contribution in [3.63, 3.8) is 0 Å². The molecule has 120 valence electrons. The van der Waals surface area contributed by atoms with Crippen LogP contribution in [0.2, 0.25) is 0 Å². The molecule has 0 amide bonds. The minimum atomic E-state index is 0.262. The highest BCUT2D eigenvalue weighted by Gasteiger charge is 2.25. The Balaban J connectivity index is 1.82. The van der Waals surface area contributed by atoms with E-state index in [-0.39, 0.29) is 6.04 Å². The van der Waals surface area contributed by atoms with Crippen molar-refractivity contribution >= 4 is 17.2 Å². The monoisotopic (exact) mass is 329 g/mol. The maximum Gasteiger partial charge on any atom is 0.183 e. The third kappa shape index (κ3) is 3.67. The highest BCUT2D eigenvalue weighted by molar-refractivity contribution is 7.10. The number of nitriles is 1. The van der Waals surface area contributed by atoms with Crippen LogP contribution in [0.15, 0.2) is 29.9 Å². The molecular formula is C16H19N5OS. The molecule has 7 heteroatoms. The first-order valence-corrected chi connectivity index (χ1v) is 8.45. The van der Waals surface area contributed by atoms with Crippen LogP contribution in [0.1, 0.15) is 16.6 Å². The van der Waals surface area contributed by atoms with Gasteiger partial charge in [0.05, 0.1) is 19.3 Å². The van der Waals surface area contributed by atoms with E-state index in [4.69, 9.17) is 4.74 Å². The first-order chi connectivity index (χ1) is 11.3. The summed E-state index contributed by atoms with van der Waals surface area (Å²) in [5.74, 6) is 0.629. The number of aromatic nitrogens is 2. The number of hydrogen-bond donors (Lipinski definition) is 0. The lowest BCUT2D eigenvalue weighted by molar-refractivity contribution is 0.0183. The molecule has 0 spiro atoms. The lowest BCUT2D eigenvalue weighted by Crippen LogP contribution is -2.43. The van der Waals surface area contributed by atoms with Crippen LogP contribution >= 0.6 is 11.3 Å². The molecule has 0 bridgehead atoms. The lowest BCUT2D eigenvalue weighted by Gasteiger charge is -2.36. The van der Waals surface area contributed by atoms with E-state index in [0.717, 1.165) is 32.8 Å². The second-order valence-electron chi connectivity index (χ2n) is 5.40. The summed E-state index contributed by atoms with van der Waals surface area (Å²) in [6.07, 6.45) is 3.18. The van der Waals surface area contributed by atoms with Gasteiger partial charge in [-0.2, -0.15) is 5.26 Å². The maximum atomic E-state index is 9.23. The third-order valence-electron chi connectivity index (χ3n) is 3.95. The molecule has 0 saturated carbocycles. The minimum absolute atomic E-state index is 0.262. The van der Waals surface area contributed by atoms with Crippen molar-refractivity contribution in [2.24, 2.45) is 0 Å². The quantitative estimate of drug-likeness (QED) is 0.835. The van der Waals surface area contributed by atoms with Gasteiger partial charge in [0.2, 0.25) is 0 Å². The standard InChI is InChI=1S/C16H19N5OS/c1-20(16-13(11-17)18-4-5-19-16)12-14(15-3-2-10-23-15)21-6-8-22-9-7-21/h2-5,10,14H,6-9,12H2,1H3/t14-/m1/s1. The second-order valence-corrected chi connectivity index (χ2v) is 6.38. The van der Waals surface area contributed by atoms with Crippen LogP contribution in [-0.4, -0.2) is 54.8 Å². The summed E-state index contributed by atoms with van der Waals surface area (Å²) in [6, 6.07) is 6.63. The Morgan fingerprint density at radius 3 is 2.87 bits per heavy atom. The number of hydrogen-bond acceptors (Lipinski definition) is 7. The summed E-state index contributed by atoms with van der Waals surface area (Å²) in [6.45, 7) is 4.12. The zero-order valence-corrected chi connectivity index (χ0v) is 13.9. The molecule has 1 aliphatic heterocycles. The van der Waals surface area contributed by atoms with Crippen molar-refractivity contribution in [1.82, 2.24) is 14.9 Å². The molecule has 2 aromatic rings. The zero-order chi connectivity index (χ0) is 16.1. The Morgan fingerprint density at radius 2 is 2.17 bits per heavy atom. The predicted molar refractivity (Wildman–Crippen MR) is 89.5 cm³/mol. The van der Waals surface area contributed by atoms with Crippen molar-refractivity contribution < 1.29 is 4.74 Å². The van der Waals surface area contributed by atoms with Gasteiger partial charge in [-0.25, -0.2) is 9.97 Å². The van der Waals surface area contributed by atoms with E-state index in [9.17, 15) is 5.26 Å². The fraction of sp³-hybridized carbons (Fsp3) is 0.438. The normalized spacial score (nSPS) is 16.7. The van der Waals surface area contributed by atoms with Gasteiger partial charge in [-0.05, 0) is 11.4 Å². The molecule has 1 fully saturated rings. The summed E-state index contributed by atoms with van der Waals surface area (Å²) in [7, 11) is 1.96. The van der Waals surface area contributed by atoms with Crippen LogP contribution < -0.4 is 4.90 Å². The van der Waals surface area contributed by atoms with Gasteiger partial charge in [-0.1, -0.05) is 6.07 Å². The van der Waals surface area contributed by atoms with Crippen molar-refractivity contribution in [1.29, 1.82) is 5.26 Å². The van der Waals surface area contributed by atoms with Gasteiger partial charge in [0.15, 0.2) is 11.5 Å². The zero-order valence-electron chi connectivity index (χ0n) is 13.1. The number of morpholine rings is 1. The van der Waals surface area contributed by atoms with Crippen LogP contribution in [0, 0.1) is 11.3 Å². The van der Waals surface area contributed by atoms with E-state index in [2.05, 4.69) is 38.4 Å². The summed E-state index contributed by atoms with van der Waals surface area (Å²) < 4.78 is 5.48. The Kier molecular flexibility index (Phi) is 5.18. The van der Waals surface area contributed by atoms with Crippen LogP contribution in [0.3, 0.4) is 0 Å². The molecule has 0 N–H and O–H groups in total. The number of rotatable bonds is 5. The molecule has 23 heavy (non-hydrogen) atoms. The van der Waals surface area contributed by atoms with Gasteiger partial charge in [-0.15, -0.1) is 11.3 Å². The number of nitrogens with zero attached hydrogens (tertiary/aromatic N) is 5. The van der Waals surface area contributed by atoms with Gasteiger partial charge in [0, 0.05) is 44.0 Å². The first-order valence-electron chi connectivity index (χ1n) is 7.57. The summed E-state index contributed by atoms with van der Waals surface area (Å²) >= 11 is 1.76.